The van der Waals surface area contributed by atoms with Crippen molar-refractivity contribution >= 4 is 27.3 Å². The number of likely N-dealkylation sites (tertiary alicyclic amines) is 1. The second-order valence-corrected chi connectivity index (χ2v) is 9.57. The number of benzene rings is 2. The Morgan fingerprint density at radius 2 is 1.63 bits per heavy atom. The predicted molar refractivity (Wildman–Crippen MR) is 119 cm³/mol. The Morgan fingerprint density at radius 1 is 0.967 bits per heavy atom. The van der Waals surface area contributed by atoms with E-state index < -0.39 is 10.0 Å². The summed E-state index contributed by atoms with van der Waals surface area (Å²) in [4.78, 5) is 17.1. The number of anilines is 2. The van der Waals surface area contributed by atoms with Gasteiger partial charge in [-0.2, -0.15) is 0 Å². The first-order valence-corrected chi connectivity index (χ1v) is 11.9. The molecule has 0 radical (unpaired) electrons. The molecule has 160 valence electrons. The van der Waals surface area contributed by atoms with Crippen molar-refractivity contribution in [2.75, 3.05) is 48.9 Å². The van der Waals surface area contributed by atoms with E-state index in [1.807, 2.05) is 24.0 Å². The predicted octanol–water partition coefficient (Wildman–Crippen LogP) is 2.44. The molecule has 4 rings (SSSR count). The first-order chi connectivity index (χ1) is 14.4. The first kappa shape index (κ1) is 20.7. The molecule has 7 nitrogen and oxygen atoms in total. The Labute approximate surface area is 178 Å². The summed E-state index contributed by atoms with van der Waals surface area (Å²) in [6.45, 7) is 6.64. The summed E-state index contributed by atoms with van der Waals surface area (Å²) in [6.07, 6.45) is 2.02. The summed E-state index contributed by atoms with van der Waals surface area (Å²) < 4.78 is 28.8. The number of sulfonamides is 1. The number of carbonyl (C=O) groups is 1. The highest BCUT2D eigenvalue weighted by molar-refractivity contribution is 7.92. The van der Waals surface area contributed by atoms with Crippen LogP contribution in [0.25, 0.3) is 0 Å². The molecule has 2 aliphatic heterocycles. The third-order valence-corrected chi connectivity index (χ3v) is 7.05. The van der Waals surface area contributed by atoms with Crippen LogP contribution in [-0.2, 0) is 10.0 Å². The molecule has 0 atom stereocenters. The maximum absolute atomic E-state index is 13.0. The number of amides is 1. The Hall–Kier alpha value is -2.58. The molecular weight excluding hydrogens is 400 g/mol. The summed E-state index contributed by atoms with van der Waals surface area (Å²) in [7, 11) is -3.77. The van der Waals surface area contributed by atoms with Gasteiger partial charge in [-0.15, -0.1) is 0 Å². The highest BCUT2D eigenvalue weighted by Gasteiger charge is 2.24. The van der Waals surface area contributed by atoms with Gasteiger partial charge in [0.15, 0.2) is 0 Å². The summed E-state index contributed by atoms with van der Waals surface area (Å²) in [5, 5.41) is 3.31. The summed E-state index contributed by atoms with van der Waals surface area (Å²) in [6, 6.07) is 12.1. The van der Waals surface area contributed by atoms with Crippen molar-refractivity contribution in [2.45, 2.75) is 24.7 Å². The lowest BCUT2D eigenvalue weighted by Gasteiger charge is -2.31. The summed E-state index contributed by atoms with van der Waals surface area (Å²) in [5.74, 6) is -0.0462. The number of aryl methyl sites for hydroxylation is 1. The number of piperazine rings is 1. The van der Waals surface area contributed by atoms with Gasteiger partial charge in [-0.05, 0) is 50.1 Å². The van der Waals surface area contributed by atoms with E-state index in [-0.39, 0.29) is 10.8 Å². The monoisotopic (exact) mass is 428 g/mol. The second-order valence-electron chi connectivity index (χ2n) is 7.89. The molecule has 0 bridgehead atoms. The fraction of sp³-hybridized carbons (Fsp3) is 0.409. The minimum Gasteiger partial charge on any atom is -0.367 e. The van der Waals surface area contributed by atoms with Crippen LogP contribution < -0.4 is 14.9 Å². The lowest BCUT2D eigenvalue weighted by atomic mass is 10.1. The Morgan fingerprint density at radius 3 is 2.30 bits per heavy atom. The Balaban J connectivity index is 1.69. The molecule has 2 aromatic rings. The number of hydrogen-bond donors (Lipinski definition) is 2. The normalized spacial score (nSPS) is 17.2. The van der Waals surface area contributed by atoms with Gasteiger partial charge in [-0.3, -0.25) is 9.52 Å². The van der Waals surface area contributed by atoms with E-state index in [1.54, 1.807) is 30.3 Å². The molecule has 2 N–H and O–H groups in total. The van der Waals surface area contributed by atoms with E-state index in [0.717, 1.165) is 63.4 Å². The number of hydrogen-bond acceptors (Lipinski definition) is 5. The van der Waals surface area contributed by atoms with Crippen molar-refractivity contribution in [3.8, 4) is 0 Å². The van der Waals surface area contributed by atoms with Crippen LogP contribution in [0, 0.1) is 6.92 Å². The van der Waals surface area contributed by atoms with Crippen LogP contribution in [0.4, 0.5) is 11.4 Å². The molecule has 30 heavy (non-hydrogen) atoms. The summed E-state index contributed by atoms with van der Waals surface area (Å²) in [5.41, 5.74) is 2.75. The minimum absolute atomic E-state index is 0.0462. The number of nitrogens with zero attached hydrogens (tertiary/aromatic N) is 2. The Kier molecular flexibility index (Phi) is 5.97. The number of rotatable bonds is 5. The standard InChI is InChI=1S/C22H28N4O3S/c1-17-4-7-19(8-5-17)30(28,29)24-20-16-18(22(27)26-12-2-3-13-26)6-9-21(20)25-14-10-23-11-15-25/h4-9,16,23-24H,2-3,10-15H2,1H3. The van der Waals surface area contributed by atoms with Crippen LogP contribution in [0.1, 0.15) is 28.8 Å². The molecule has 0 aliphatic carbocycles. The van der Waals surface area contributed by atoms with Crippen LogP contribution in [0.5, 0.6) is 0 Å². The molecule has 2 fully saturated rings. The lowest BCUT2D eigenvalue weighted by Crippen LogP contribution is -2.43. The van der Waals surface area contributed by atoms with Gasteiger partial charge in [0.05, 0.1) is 16.3 Å². The second kappa shape index (κ2) is 8.65. The maximum Gasteiger partial charge on any atom is 0.261 e. The fourth-order valence-corrected chi connectivity index (χ4v) is 5.02. The lowest BCUT2D eigenvalue weighted by molar-refractivity contribution is 0.0793. The summed E-state index contributed by atoms with van der Waals surface area (Å²) >= 11 is 0. The van der Waals surface area contributed by atoms with Gasteiger partial charge in [-0.1, -0.05) is 17.7 Å². The van der Waals surface area contributed by atoms with Crippen molar-refractivity contribution in [3.63, 3.8) is 0 Å². The zero-order valence-electron chi connectivity index (χ0n) is 17.2. The molecular formula is C22H28N4O3S. The van der Waals surface area contributed by atoms with E-state index in [0.29, 0.717) is 11.3 Å². The molecule has 0 unspecified atom stereocenters. The van der Waals surface area contributed by atoms with Gasteiger partial charge in [0.1, 0.15) is 0 Å². The van der Waals surface area contributed by atoms with Crippen LogP contribution >= 0.6 is 0 Å². The van der Waals surface area contributed by atoms with E-state index in [4.69, 9.17) is 0 Å². The smallest absolute Gasteiger partial charge is 0.261 e. The van der Waals surface area contributed by atoms with Crippen molar-refractivity contribution < 1.29 is 13.2 Å². The molecule has 0 spiro atoms. The molecule has 2 aromatic carbocycles. The van der Waals surface area contributed by atoms with Gasteiger partial charge in [0, 0.05) is 44.8 Å². The van der Waals surface area contributed by atoms with Crippen LogP contribution in [0.2, 0.25) is 0 Å². The topological polar surface area (TPSA) is 81.8 Å². The van der Waals surface area contributed by atoms with E-state index in [1.165, 1.54) is 0 Å². The molecule has 2 heterocycles. The quantitative estimate of drug-likeness (QED) is 0.765. The van der Waals surface area contributed by atoms with Gasteiger partial charge in [0.25, 0.3) is 15.9 Å². The van der Waals surface area contributed by atoms with Crippen molar-refractivity contribution in [1.29, 1.82) is 0 Å². The van der Waals surface area contributed by atoms with Gasteiger partial charge >= 0.3 is 0 Å². The maximum atomic E-state index is 13.0. The van der Waals surface area contributed by atoms with E-state index in [2.05, 4.69) is 14.9 Å². The fourth-order valence-electron chi connectivity index (χ4n) is 3.96. The van der Waals surface area contributed by atoms with Crippen LogP contribution in [0.3, 0.4) is 0 Å². The SMILES string of the molecule is Cc1ccc(S(=O)(=O)Nc2cc(C(=O)N3CCCC3)ccc2N2CCNCC2)cc1. The van der Waals surface area contributed by atoms with Gasteiger partial charge < -0.3 is 15.1 Å². The average molecular weight is 429 g/mol. The van der Waals surface area contributed by atoms with E-state index in [9.17, 15) is 13.2 Å². The minimum atomic E-state index is -3.77. The van der Waals surface area contributed by atoms with E-state index >= 15 is 0 Å². The molecule has 8 heteroatoms. The van der Waals surface area contributed by atoms with Crippen molar-refractivity contribution in [1.82, 2.24) is 10.2 Å². The highest BCUT2D eigenvalue weighted by Crippen LogP contribution is 2.31. The number of nitrogens with one attached hydrogen (secondary N) is 2. The molecule has 2 aliphatic rings. The first-order valence-electron chi connectivity index (χ1n) is 10.4. The molecule has 0 aromatic heterocycles. The third kappa shape index (κ3) is 4.44. The third-order valence-electron chi connectivity index (χ3n) is 5.67. The zero-order chi connectivity index (χ0) is 21.1. The highest BCUT2D eigenvalue weighted by atomic mass is 32.2. The van der Waals surface area contributed by atoms with Gasteiger partial charge in [0.2, 0.25) is 0 Å². The van der Waals surface area contributed by atoms with Gasteiger partial charge in [-0.25, -0.2) is 8.42 Å². The average Bonchev–Trinajstić information content (AvgIpc) is 3.29. The largest absolute Gasteiger partial charge is 0.367 e. The molecule has 0 saturated carbocycles. The van der Waals surface area contributed by atoms with Crippen LogP contribution in [0.15, 0.2) is 47.4 Å². The van der Waals surface area contributed by atoms with Crippen molar-refractivity contribution in [3.05, 3.63) is 53.6 Å². The van der Waals surface area contributed by atoms with Crippen LogP contribution in [-0.4, -0.2) is 58.5 Å². The van der Waals surface area contributed by atoms with Crippen molar-refractivity contribution in [2.24, 2.45) is 0 Å². The molecule has 1 amide bonds. The number of carbonyl (C=O) groups excluding carboxylic acids is 1. The Bertz CT molecular complexity index is 1010. The zero-order valence-corrected chi connectivity index (χ0v) is 18.0. The molecule has 2 saturated heterocycles.